The molecular formula is C16H16ClN3O2. The zero-order valence-electron chi connectivity index (χ0n) is 12.0. The van der Waals surface area contributed by atoms with Crippen LogP contribution in [0.15, 0.2) is 42.6 Å². The van der Waals surface area contributed by atoms with Crippen LogP contribution in [-0.4, -0.2) is 37.2 Å². The number of carbonyl (C=O) groups excluding carboxylic acids is 1. The SMILES string of the molecule is O=C(Nc1ccc(N2CCOCC2)cc1)c1cc(Cl)ccn1. The van der Waals surface area contributed by atoms with E-state index in [4.69, 9.17) is 16.3 Å². The average Bonchev–Trinajstić information content (AvgIpc) is 2.56. The van der Waals surface area contributed by atoms with Gasteiger partial charge in [-0.05, 0) is 36.4 Å². The van der Waals surface area contributed by atoms with E-state index in [9.17, 15) is 4.79 Å². The first-order valence-electron chi connectivity index (χ1n) is 7.08. The van der Waals surface area contributed by atoms with E-state index in [2.05, 4.69) is 15.2 Å². The monoisotopic (exact) mass is 317 g/mol. The molecule has 1 fully saturated rings. The maximum atomic E-state index is 12.1. The van der Waals surface area contributed by atoms with Gasteiger partial charge in [0, 0.05) is 35.7 Å². The summed E-state index contributed by atoms with van der Waals surface area (Å²) in [6.45, 7) is 3.27. The van der Waals surface area contributed by atoms with Crippen LogP contribution in [0.3, 0.4) is 0 Å². The van der Waals surface area contributed by atoms with Crippen LogP contribution in [0.1, 0.15) is 10.5 Å². The van der Waals surface area contributed by atoms with Crippen LogP contribution in [0, 0.1) is 0 Å². The van der Waals surface area contributed by atoms with Crippen LogP contribution in [0.4, 0.5) is 11.4 Å². The van der Waals surface area contributed by atoms with Crippen molar-refractivity contribution >= 4 is 28.9 Å². The van der Waals surface area contributed by atoms with Gasteiger partial charge in [-0.2, -0.15) is 0 Å². The smallest absolute Gasteiger partial charge is 0.274 e. The quantitative estimate of drug-likeness (QED) is 0.946. The van der Waals surface area contributed by atoms with Gasteiger partial charge in [-0.3, -0.25) is 9.78 Å². The van der Waals surface area contributed by atoms with Crippen LogP contribution in [-0.2, 0) is 4.74 Å². The molecule has 0 unspecified atom stereocenters. The lowest BCUT2D eigenvalue weighted by Crippen LogP contribution is -2.36. The first kappa shape index (κ1) is 14.8. The number of hydrogen-bond acceptors (Lipinski definition) is 4. The molecule has 1 aromatic heterocycles. The maximum Gasteiger partial charge on any atom is 0.274 e. The van der Waals surface area contributed by atoms with E-state index in [0.29, 0.717) is 10.7 Å². The number of nitrogens with zero attached hydrogens (tertiary/aromatic N) is 2. The molecule has 0 radical (unpaired) electrons. The van der Waals surface area contributed by atoms with E-state index in [1.807, 2.05) is 24.3 Å². The van der Waals surface area contributed by atoms with Crippen LogP contribution < -0.4 is 10.2 Å². The Morgan fingerprint density at radius 2 is 1.91 bits per heavy atom. The lowest BCUT2D eigenvalue weighted by molar-refractivity contribution is 0.102. The first-order chi connectivity index (χ1) is 10.7. The molecule has 0 atom stereocenters. The molecule has 1 aliphatic rings. The number of pyridine rings is 1. The van der Waals surface area contributed by atoms with Crippen molar-refractivity contribution in [1.82, 2.24) is 4.98 Å². The number of rotatable bonds is 3. The molecule has 1 aromatic carbocycles. The Morgan fingerprint density at radius 3 is 2.59 bits per heavy atom. The predicted molar refractivity (Wildman–Crippen MR) is 86.7 cm³/mol. The van der Waals surface area contributed by atoms with Crippen molar-refractivity contribution in [2.75, 3.05) is 36.5 Å². The Balaban J connectivity index is 1.66. The normalized spacial score (nSPS) is 14.7. The number of ether oxygens (including phenoxy) is 1. The number of nitrogens with one attached hydrogen (secondary N) is 1. The van der Waals surface area contributed by atoms with Gasteiger partial charge in [0.1, 0.15) is 5.69 Å². The van der Waals surface area contributed by atoms with Crippen molar-refractivity contribution in [3.63, 3.8) is 0 Å². The van der Waals surface area contributed by atoms with Crippen molar-refractivity contribution in [3.8, 4) is 0 Å². The summed E-state index contributed by atoms with van der Waals surface area (Å²) in [7, 11) is 0. The Hall–Kier alpha value is -2.11. The van der Waals surface area contributed by atoms with Crippen LogP contribution in [0.2, 0.25) is 5.02 Å². The lowest BCUT2D eigenvalue weighted by atomic mass is 10.2. The van der Waals surface area contributed by atoms with Gasteiger partial charge < -0.3 is 15.0 Å². The third kappa shape index (κ3) is 3.55. The third-order valence-corrected chi connectivity index (χ3v) is 3.69. The summed E-state index contributed by atoms with van der Waals surface area (Å²) in [5, 5.41) is 3.30. The fourth-order valence-corrected chi connectivity index (χ4v) is 2.46. The Labute approximate surface area is 133 Å². The molecule has 1 saturated heterocycles. The minimum Gasteiger partial charge on any atom is -0.378 e. The molecule has 0 aliphatic carbocycles. The summed E-state index contributed by atoms with van der Waals surface area (Å²) in [5.74, 6) is -0.276. The van der Waals surface area contributed by atoms with Gasteiger partial charge in [0.15, 0.2) is 0 Å². The largest absolute Gasteiger partial charge is 0.378 e. The van der Waals surface area contributed by atoms with Gasteiger partial charge in [-0.15, -0.1) is 0 Å². The van der Waals surface area contributed by atoms with Crippen molar-refractivity contribution < 1.29 is 9.53 Å². The summed E-state index contributed by atoms with van der Waals surface area (Å²) in [5.41, 5.74) is 2.15. The molecule has 1 aliphatic heterocycles. The lowest BCUT2D eigenvalue weighted by Gasteiger charge is -2.28. The molecule has 22 heavy (non-hydrogen) atoms. The highest BCUT2D eigenvalue weighted by Crippen LogP contribution is 2.19. The molecule has 114 valence electrons. The molecule has 6 heteroatoms. The molecule has 3 rings (SSSR count). The van der Waals surface area contributed by atoms with Crippen LogP contribution in [0.5, 0.6) is 0 Å². The van der Waals surface area contributed by atoms with Crippen molar-refractivity contribution in [2.24, 2.45) is 0 Å². The second kappa shape index (κ2) is 6.77. The molecule has 5 nitrogen and oxygen atoms in total. The van der Waals surface area contributed by atoms with Crippen molar-refractivity contribution in [1.29, 1.82) is 0 Å². The van der Waals surface area contributed by atoms with Crippen LogP contribution >= 0.6 is 11.6 Å². The van der Waals surface area contributed by atoms with E-state index >= 15 is 0 Å². The summed E-state index contributed by atoms with van der Waals surface area (Å²) in [6.07, 6.45) is 1.51. The van der Waals surface area contributed by atoms with E-state index < -0.39 is 0 Å². The second-order valence-corrected chi connectivity index (χ2v) is 5.40. The molecule has 1 N–H and O–H groups in total. The van der Waals surface area contributed by atoms with Gasteiger partial charge in [0.25, 0.3) is 5.91 Å². The molecule has 2 aromatic rings. The summed E-state index contributed by atoms with van der Waals surface area (Å²) in [4.78, 5) is 18.4. The Kier molecular flexibility index (Phi) is 4.56. The molecule has 0 saturated carbocycles. The fourth-order valence-electron chi connectivity index (χ4n) is 2.30. The van der Waals surface area contributed by atoms with Gasteiger partial charge >= 0.3 is 0 Å². The Morgan fingerprint density at radius 1 is 1.18 bits per heavy atom. The zero-order chi connectivity index (χ0) is 15.4. The molecule has 2 heterocycles. The summed E-state index contributed by atoms with van der Waals surface area (Å²) >= 11 is 5.86. The molecule has 1 amide bonds. The zero-order valence-corrected chi connectivity index (χ0v) is 12.7. The maximum absolute atomic E-state index is 12.1. The molecule has 0 spiro atoms. The number of halogens is 1. The van der Waals surface area contributed by atoms with E-state index in [-0.39, 0.29) is 5.91 Å². The van der Waals surface area contributed by atoms with Crippen molar-refractivity contribution in [2.45, 2.75) is 0 Å². The minimum atomic E-state index is -0.276. The summed E-state index contributed by atoms with van der Waals surface area (Å²) < 4.78 is 5.34. The minimum absolute atomic E-state index is 0.276. The highest BCUT2D eigenvalue weighted by atomic mass is 35.5. The number of anilines is 2. The van der Waals surface area contributed by atoms with Gasteiger partial charge in [-0.1, -0.05) is 11.6 Å². The van der Waals surface area contributed by atoms with Crippen LogP contribution in [0.25, 0.3) is 0 Å². The Bertz CT molecular complexity index is 655. The number of carbonyl (C=O) groups is 1. The summed E-state index contributed by atoms with van der Waals surface area (Å²) in [6, 6.07) is 10.9. The van der Waals surface area contributed by atoms with E-state index in [1.165, 1.54) is 6.20 Å². The number of amides is 1. The van der Waals surface area contributed by atoms with Gasteiger partial charge in [0.05, 0.1) is 13.2 Å². The highest BCUT2D eigenvalue weighted by molar-refractivity contribution is 6.30. The first-order valence-corrected chi connectivity index (χ1v) is 7.46. The third-order valence-electron chi connectivity index (χ3n) is 3.46. The molecule has 0 bridgehead atoms. The fraction of sp³-hybridized carbons (Fsp3) is 0.250. The average molecular weight is 318 g/mol. The number of benzene rings is 1. The standard InChI is InChI=1S/C16H16ClN3O2/c17-12-5-6-18-15(11-12)16(21)19-13-1-3-14(4-2-13)20-7-9-22-10-8-20/h1-6,11H,7-10H2,(H,19,21). The number of aromatic nitrogens is 1. The van der Waals surface area contributed by atoms with E-state index in [1.54, 1.807) is 12.1 Å². The second-order valence-electron chi connectivity index (χ2n) is 4.96. The van der Waals surface area contributed by atoms with Gasteiger partial charge in [-0.25, -0.2) is 0 Å². The van der Waals surface area contributed by atoms with E-state index in [0.717, 1.165) is 37.7 Å². The molecular weight excluding hydrogens is 302 g/mol. The van der Waals surface area contributed by atoms with Crippen molar-refractivity contribution in [3.05, 3.63) is 53.3 Å². The van der Waals surface area contributed by atoms with Gasteiger partial charge in [0.2, 0.25) is 0 Å². The number of hydrogen-bond donors (Lipinski definition) is 1. The number of morpholine rings is 1. The topological polar surface area (TPSA) is 54.5 Å². The highest BCUT2D eigenvalue weighted by Gasteiger charge is 2.12. The predicted octanol–water partition coefficient (Wildman–Crippen LogP) is 2.82.